The third-order valence-corrected chi connectivity index (χ3v) is 3.28. The highest BCUT2D eigenvalue weighted by Crippen LogP contribution is 2.13. The van der Waals surface area contributed by atoms with Crippen molar-refractivity contribution < 1.29 is 0 Å². The van der Waals surface area contributed by atoms with Crippen LogP contribution in [0.25, 0.3) is 5.78 Å². The van der Waals surface area contributed by atoms with Gasteiger partial charge in [-0.1, -0.05) is 6.07 Å². The van der Waals surface area contributed by atoms with Crippen molar-refractivity contribution in [2.24, 2.45) is 0 Å². The molecule has 5 nitrogen and oxygen atoms in total. The highest BCUT2D eigenvalue weighted by Gasteiger charge is 2.05. The minimum absolute atomic E-state index is 0.594. The second-order valence-electron chi connectivity index (χ2n) is 4.99. The van der Waals surface area contributed by atoms with Crippen LogP contribution in [0, 0.1) is 25.2 Å². The molecule has 0 aliphatic heterocycles. The van der Waals surface area contributed by atoms with Crippen molar-refractivity contribution in [1.82, 2.24) is 14.4 Å². The van der Waals surface area contributed by atoms with Gasteiger partial charge in [0.15, 0.2) is 0 Å². The van der Waals surface area contributed by atoms with E-state index in [1.165, 1.54) is 0 Å². The Labute approximate surface area is 122 Å². The molecule has 0 bridgehead atoms. The number of nitriles is 1. The molecule has 0 amide bonds. The van der Waals surface area contributed by atoms with Crippen molar-refractivity contribution in [1.29, 1.82) is 5.26 Å². The lowest BCUT2D eigenvalue weighted by atomic mass is 10.2. The molecule has 3 rings (SSSR count). The molecule has 1 N–H and O–H groups in total. The summed E-state index contributed by atoms with van der Waals surface area (Å²) in [6.45, 7) is 4.60. The molecule has 0 saturated heterocycles. The Bertz CT molecular complexity index is 841. The first-order valence-electron chi connectivity index (χ1n) is 6.72. The minimum Gasteiger partial charge on any atom is -0.379 e. The van der Waals surface area contributed by atoms with E-state index >= 15 is 0 Å². The van der Waals surface area contributed by atoms with Gasteiger partial charge in [0.05, 0.1) is 23.9 Å². The molecule has 0 aliphatic rings. The first-order valence-corrected chi connectivity index (χ1v) is 6.72. The van der Waals surface area contributed by atoms with Crippen molar-refractivity contribution in [2.75, 3.05) is 5.32 Å². The van der Waals surface area contributed by atoms with Crippen LogP contribution in [-0.2, 0) is 6.54 Å². The molecule has 0 radical (unpaired) electrons. The number of benzene rings is 1. The van der Waals surface area contributed by atoms with Crippen molar-refractivity contribution in [3.05, 3.63) is 59.2 Å². The van der Waals surface area contributed by atoms with Gasteiger partial charge in [-0.25, -0.2) is 9.97 Å². The molecule has 3 aromatic rings. The van der Waals surface area contributed by atoms with Crippen molar-refractivity contribution in [3.8, 4) is 6.07 Å². The van der Waals surface area contributed by atoms with Crippen LogP contribution < -0.4 is 5.32 Å². The molecule has 2 heterocycles. The molecule has 1 aromatic carbocycles. The van der Waals surface area contributed by atoms with E-state index in [1.54, 1.807) is 6.07 Å². The molecule has 0 atom stereocenters. The number of hydrogen-bond acceptors (Lipinski definition) is 4. The summed E-state index contributed by atoms with van der Waals surface area (Å²) < 4.78 is 1.98. The van der Waals surface area contributed by atoms with Gasteiger partial charge in [-0.05, 0) is 38.1 Å². The van der Waals surface area contributed by atoms with Crippen LogP contribution in [0.5, 0.6) is 0 Å². The largest absolute Gasteiger partial charge is 0.379 e. The molecular formula is C16H15N5. The third-order valence-electron chi connectivity index (χ3n) is 3.28. The van der Waals surface area contributed by atoms with Crippen molar-refractivity contribution in [3.63, 3.8) is 0 Å². The summed E-state index contributed by atoms with van der Waals surface area (Å²) in [6.07, 6.45) is 1.98. The number of imidazole rings is 1. The Morgan fingerprint density at radius 1 is 1.24 bits per heavy atom. The van der Waals surface area contributed by atoms with E-state index in [1.807, 2.05) is 48.7 Å². The monoisotopic (exact) mass is 277 g/mol. The summed E-state index contributed by atoms with van der Waals surface area (Å²) in [5.74, 6) is 0.718. The summed E-state index contributed by atoms with van der Waals surface area (Å²) in [4.78, 5) is 8.94. The highest BCUT2D eigenvalue weighted by atomic mass is 15.1. The fraction of sp³-hybridized carbons (Fsp3) is 0.188. The van der Waals surface area contributed by atoms with E-state index < -0.39 is 0 Å². The predicted molar refractivity (Wildman–Crippen MR) is 80.9 cm³/mol. The van der Waals surface area contributed by atoms with Crippen LogP contribution in [0.1, 0.15) is 22.6 Å². The average molecular weight is 277 g/mol. The molecule has 0 saturated carbocycles. The standard InChI is InChI=1S/C16H15N5/c1-11-6-12(2)21-10-15(20-16(21)19-11)9-18-14-5-3-4-13(7-14)8-17/h3-7,10,18H,9H2,1-2H3. The number of fused-ring (bicyclic) bond motifs is 1. The fourth-order valence-electron chi connectivity index (χ4n) is 2.29. The zero-order chi connectivity index (χ0) is 14.8. The van der Waals surface area contributed by atoms with Crippen molar-refractivity contribution >= 4 is 11.5 Å². The van der Waals surface area contributed by atoms with E-state index in [0.29, 0.717) is 12.1 Å². The molecule has 0 aliphatic carbocycles. The molecule has 2 aromatic heterocycles. The van der Waals surface area contributed by atoms with Gasteiger partial charge in [0, 0.05) is 23.3 Å². The maximum absolute atomic E-state index is 8.90. The lowest BCUT2D eigenvalue weighted by molar-refractivity contribution is 1.01. The van der Waals surface area contributed by atoms with Gasteiger partial charge in [-0.2, -0.15) is 5.26 Å². The number of anilines is 1. The Kier molecular flexibility index (Phi) is 3.28. The zero-order valence-corrected chi connectivity index (χ0v) is 12.0. The van der Waals surface area contributed by atoms with Crippen LogP contribution in [0.2, 0.25) is 0 Å². The van der Waals surface area contributed by atoms with Crippen LogP contribution in [0.15, 0.2) is 36.5 Å². The molecule has 104 valence electrons. The van der Waals surface area contributed by atoms with E-state index in [0.717, 1.165) is 28.5 Å². The van der Waals surface area contributed by atoms with E-state index in [4.69, 9.17) is 5.26 Å². The van der Waals surface area contributed by atoms with Gasteiger partial charge >= 0.3 is 0 Å². The second kappa shape index (κ2) is 5.25. The molecule has 5 heteroatoms. The quantitative estimate of drug-likeness (QED) is 0.799. The Hall–Kier alpha value is -2.87. The SMILES string of the molecule is Cc1cc(C)n2cc(CNc3cccc(C#N)c3)nc2n1. The van der Waals surface area contributed by atoms with Gasteiger partial charge in [0.25, 0.3) is 0 Å². The number of hydrogen-bond donors (Lipinski definition) is 1. The summed E-state index contributed by atoms with van der Waals surface area (Å²) in [6, 6.07) is 11.6. The van der Waals surface area contributed by atoms with Gasteiger partial charge in [-0.15, -0.1) is 0 Å². The molecular weight excluding hydrogens is 262 g/mol. The third kappa shape index (κ3) is 2.70. The van der Waals surface area contributed by atoms with Crippen LogP contribution in [-0.4, -0.2) is 14.4 Å². The van der Waals surface area contributed by atoms with Gasteiger partial charge in [0.2, 0.25) is 5.78 Å². The maximum atomic E-state index is 8.90. The van der Waals surface area contributed by atoms with Crippen LogP contribution in [0.3, 0.4) is 0 Å². The van der Waals surface area contributed by atoms with E-state index in [2.05, 4.69) is 21.4 Å². The van der Waals surface area contributed by atoms with Crippen molar-refractivity contribution in [2.45, 2.75) is 20.4 Å². The van der Waals surface area contributed by atoms with E-state index in [9.17, 15) is 0 Å². The predicted octanol–water partition coefficient (Wildman–Crippen LogP) is 2.83. The molecule has 0 fully saturated rings. The topological polar surface area (TPSA) is 66.0 Å². The lowest BCUT2D eigenvalue weighted by Crippen LogP contribution is -1.99. The Morgan fingerprint density at radius 3 is 2.90 bits per heavy atom. The van der Waals surface area contributed by atoms with Gasteiger partial charge in [-0.3, -0.25) is 4.40 Å². The summed E-state index contributed by atoms with van der Waals surface area (Å²) in [7, 11) is 0. The minimum atomic E-state index is 0.594. The smallest absolute Gasteiger partial charge is 0.234 e. The fourth-order valence-corrected chi connectivity index (χ4v) is 2.29. The molecule has 21 heavy (non-hydrogen) atoms. The number of nitrogens with one attached hydrogen (secondary N) is 1. The van der Waals surface area contributed by atoms with Crippen LogP contribution in [0.4, 0.5) is 5.69 Å². The maximum Gasteiger partial charge on any atom is 0.234 e. The molecule has 0 spiro atoms. The highest BCUT2D eigenvalue weighted by molar-refractivity contribution is 5.49. The Balaban J connectivity index is 1.82. The summed E-state index contributed by atoms with van der Waals surface area (Å²) in [5, 5.41) is 12.2. The number of rotatable bonds is 3. The molecule has 0 unspecified atom stereocenters. The summed E-state index contributed by atoms with van der Waals surface area (Å²) >= 11 is 0. The number of aromatic nitrogens is 3. The summed E-state index contributed by atoms with van der Waals surface area (Å²) in [5.41, 5.74) is 4.54. The van der Waals surface area contributed by atoms with Gasteiger partial charge in [0.1, 0.15) is 0 Å². The first-order chi connectivity index (χ1) is 10.2. The van der Waals surface area contributed by atoms with Crippen LogP contribution >= 0.6 is 0 Å². The van der Waals surface area contributed by atoms with E-state index in [-0.39, 0.29) is 0 Å². The van der Waals surface area contributed by atoms with Gasteiger partial charge < -0.3 is 5.32 Å². The average Bonchev–Trinajstić information content (AvgIpc) is 2.88. The normalized spacial score (nSPS) is 10.5. The number of aryl methyl sites for hydroxylation is 2. The zero-order valence-electron chi connectivity index (χ0n) is 12.0. The Morgan fingerprint density at radius 2 is 2.10 bits per heavy atom. The number of nitrogens with zero attached hydrogens (tertiary/aromatic N) is 4. The second-order valence-corrected chi connectivity index (χ2v) is 4.99. The first kappa shape index (κ1) is 13.1. The lowest BCUT2D eigenvalue weighted by Gasteiger charge is -2.03.